The summed E-state index contributed by atoms with van der Waals surface area (Å²) in [4.78, 5) is 29.3. The summed E-state index contributed by atoms with van der Waals surface area (Å²) in [6.07, 6.45) is 8.80. The quantitative estimate of drug-likeness (QED) is 0.222. The van der Waals surface area contributed by atoms with Crippen molar-refractivity contribution in [2.75, 3.05) is 5.32 Å². The lowest BCUT2D eigenvalue weighted by Gasteiger charge is -2.07. The van der Waals surface area contributed by atoms with E-state index < -0.39 is 0 Å². The van der Waals surface area contributed by atoms with E-state index in [0.29, 0.717) is 17.1 Å². The molecule has 41 heavy (non-hydrogen) atoms. The van der Waals surface area contributed by atoms with E-state index in [9.17, 15) is 9.18 Å². The van der Waals surface area contributed by atoms with Crippen LogP contribution in [0.5, 0.6) is 0 Å². The van der Waals surface area contributed by atoms with Gasteiger partial charge in [0.25, 0.3) is 0 Å². The first-order valence-electron chi connectivity index (χ1n) is 13.0. The maximum Gasteiger partial charge on any atom is 0.228 e. The van der Waals surface area contributed by atoms with Crippen LogP contribution in [0.15, 0.2) is 104 Å². The Morgan fingerprint density at radius 3 is 2.56 bits per heavy atom. The highest BCUT2D eigenvalue weighted by molar-refractivity contribution is 6.01. The highest BCUT2D eigenvalue weighted by Gasteiger charge is 2.16. The number of aromatic nitrogens is 6. The topological polar surface area (TPSA) is 112 Å². The van der Waals surface area contributed by atoms with Crippen LogP contribution in [0.3, 0.4) is 0 Å². The molecule has 0 atom stereocenters. The van der Waals surface area contributed by atoms with Crippen molar-refractivity contribution in [3.63, 3.8) is 0 Å². The number of fused-ring (bicyclic) bond motifs is 2. The van der Waals surface area contributed by atoms with Crippen LogP contribution in [0.1, 0.15) is 5.56 Å². The maximum absolute atomic E-state index is 13.9. The zero-order valence-corrected chi connectivity index (χ0v) is 21.6. The van der Waals surface area contributed by atoms with Crippen LogP contribution in [0.2, 0.25) is 0 Å². The fourth-order valence-corrected chi connectivity index (χ4v) is 4.98. The van der Waals surface area contributed by atoms with Gasteiger partial charge in [0.15, 0.2) is 0 Å². The third-order valence-electron chi connectivity index (χ3n) is 6.91. The van der Waals surface area contributed by atoms with Crippen molar-refractivity contribution in [2.45, 2.75) is 6.42 Å². The Morgan fingerprint density at radius 2 is 1.68 bits per heavy atom. The lowest BCUT2D eigenvalue weighted by atomic mass is 10.0. The Labute approximate surface area is 233 Å². The average Bonchev–Trinajstić information content (AvgIpc) is 3.61. The minimum absolute atomic E-state index is 0.124. The smallest absolute Gasteiger partial charge is 0.228 e. The number of aromatic amines is 2. The van der Waals surface area contributed by atoms with E-state index in [1.165, 1.54) is 12.1 Å². The van der Waals surface area contributed by atoms with Gasteiger partial charge in [-0.1, -0.05) is 42.5 Å². The highest BCUT2D eigenvalue weighted by atomic mass is 19.1. The first kappa shape index (κ1) is 24.3. The summed E-state index contributed by atoms with van der Waals surface area (Å²) in [5.41, 5.74) is 7.62. The SMILES string of the molecule is O=C(Cc1ccccc1)Nc1cncc(-c2cc3c(-c4cc5c(-c6cccc(F)c6)cncc5[nH]4)n[nH]c3cn2)c1. The van der Waals surface area contributed by atoms with Gasteiger partial charge in [0.05, 0.1) is 53.1 Å². The van der Waals surface area contributed by atoms with E-state index >= 15 is 0 Å². The minimum Gasteiger partial charge on any atom is -0.352 e. The van der Waals surface area contributed by atoms with Gasteiger partial charge < -0.3 is 10.3 Å². The molecule has 5 heterocycles. The predicted octanol–water partition coefficient (Wildman–Crippen LogP) is 6.55. The molecule has 3 N–H and O–H groups in total. The molecule has 0 radical (unpaired) electrons. The number of amides is 1. The molecule has 1 amide bonds. The Bertz CT molecular complexity index is 2050. The number of rotatable bonds is 6. The number of benzene rings is 2. The third kappa shape index (κ3) is 4.80. The molecule has 9 heteroatoms. The van der Waals surface area contributed by atoms with Gasteiger partial charge >= 0.3 is 0 Å². The molecule has 0 saturated carbocycles. The van der Waals surface area contributed by atoms with E-state index in [1.54, 1.807) is 37.1 Å². The van der Waals surface area contributed by atoms with Crippen molar-refractivity contribution < 1.29 is 9.18 Å². The zero-order valence-electron chi connectivity index (χ0n) is 21.6. The van der Waals surface area contributed by atoms with Crippen LogP contribution < -0.4 is 5.32 Å². The van der Waals surface area contributed by atoms with Crippen LogP contribution in [-0.2, 0) is 11.2 Å². The van der Waals surface area contributed by atoms with Gasteiger partial charge in [0.2, 0.25) is 5.91 Å². The summed E-state index contributed by atoms with van der Waals surface area (Å²) in [6, 6.07) is 21.8. The summed E-state index contributed by atoms with van der Waals surface area (Å²) in [5.74, 6) is -0.426. The summed E-state index contributed by atoms with van der Waals surface area (Å²) < 4.78 is 13.9. The molecule has 0 fully saturated rings. The summed E-state index contributed by atoms with van der Waals surface area (Å²) in [7, 11) is 0. The molecule has 0 aliphatic heterocycles. The second kappa shape index (κ2) is 10.1. The van der Waals surface area contributed by atoms with Crippen molar-refractivity contribution in [1.82, 2.24) is 30.1 Å². The lowest BCUT2D eigenvalue weighted by Crippen LogP contribution is -2.14. The summed E-state index contributed by atoms with van der Waals surface area (Å²) in [6.45, 7) is 0. The number of anilines is 1. The molecule has 0 saturated heterocycles. The molecule has 0 aliphatic carbocycles. The van der Waals surface area contributed by atoms with Crippen molar-refractivity contribution in [2.24, 2.45) is 0 Å². The molecule has 0 aliphatic rings. The third-order valence-corrected chi connectivity index (χ3v) is 6.91. The van der Waals surface area contributed by atoms with Gasteiger partial charge in [0.1, 0.15) is 11.5 Å². The van der Waals surface area contributed by atoms with Gasteiger partial charge in [0, 0.05) is 34.3 Å². The molecule has 0 bridgehead atoms. The van der Waals surface area contributed by atoms with Crippen LogP contribution in [-0.4, -0.2) is 36.0 Å². The molecule has 0 spiro atoms. The normalized spacial score (nSPS) is 11.2. The molecule has 7 aromatic rings. The Kier molecular flexibility index (Phi) is 6.01. The Hall–Kier alpha value is -5.70. The molecule has 8 nitrogen and oxygen atoms in total. The second-order valence-corrected chi connectivity index (χ2v) is 9.70. The van der Waals surface area contributed by atoms with Crippen LogP contribution in [0.25, 0.3) is 55.6 Å². The number of halogens is 1. The van der Waals surface area contributed by atoms with Crippen molar-refractivity contribution >= 4 is 33.4 Å². The van der Waals surface area contributed by atoms with Crippen LogP contribution in [0, 0.1) is 5.82 Å². The molecule has 5 aromatic heterocycles. The largest absolute Gasteiger partial charge is 0.352 e. The van der Waals surface area contributed by atoms with Gasteiger partial charge in [-0.3, -0.25) is 24.8 Å². The average molecular weight is 540 g/mol. The first-order valence-corrected chi connectivity index (χ1v) is 13.0. The minimum atomic E-state index is -0.303. The fraction of sp³-hybridized carbons (Fsp3) is 0.0312. The van der Waals surface area contributed by atoms with Crippen molar-refractivity contribution in [3.8, 4) is 33.8 Å². The highest BCUT2D eigenvalue weighted by Crippen LogP contribution is 2.34. The van der Waals surface area contributed by atoms with Crippen LogP contribution >= 0.6 is 0 Å². The molecule has 198 valence electrons. The monoisotopic (exact) mass is 539 g/mol. The number of nitrogens with zero attached hydrogens (tertiary/aromatic N) is 4. The number of pyridine rings is 3. The van der Waals surface area contributed by atoms with Crippen LogP contribution in [0.4, 0.5) is 10.1 Å². The number of carbonyl (C=O) groups excluding carboxylic acids is 1. The summed E-state index contributed by atoms with van der Waals surface area (Å²) in [5, 5.41) is 12.3. The fourth-order valence-electron chi connectivity index (χ4n) is 4.98. The van der Waals surface area contributed by atoms with Gasteiger partial charge in [-0.2, -0.15) is 5.10 Å². The zero-order chi connectivity index (χ0) is 27.8. The van der Waals surface area contributed by atoms with Crippen molar-refractivity contribution in [1.29, 1.82) is 0 Å². The number of hydrogen-bond donors (Lipinski definition) is 3. The van der Waals surface area contributed by atoms with E-state index in [-0.39, 0.29) is 18.1 Å². The van der Waals surface area contributed by atoms with E-state index in [1.807, 2.05) is 54.6 Å². The van der Waals surface area contributed by atoms with E-state index in [0.717, 1.165) is 49.8 Å². The predicted molar refractivity (Wildman–Crippen MR) is 156 cm³/mol. The lowest BCUT2D eigenvalue weighted by molar-refractivity contribution is -0.115. The van der Waals surface area contributed by atoms with E-state index in [4.69, 9.17) is 0 Å². The van der Waals surface area contributed by atoms with E-state index in [2.05, 4.69) is 35.5 Å². The van der Waals surface area contributed by atoms with Gasteiger partial charge in [-0.05, 0) is 41.5 Å². The first-order chi connectivity index (χ1) is 20.1. The Balaban J connectivity index is 1.21. The second-order valence-electron chi connectivity index (χ2n) is 9.70. The van der Waals surface area contributed by atoms with Crippen molar-refractivity contribution in [3.05, 3.63) is 115 Å². The molecular formula is C32H22FN7O. The van der Waals surface area contributed by atoms with Gasteiger partial charge in [-0.15, -0.1) is 0 Å². The molecule has 0 unspecified atom stereocenters. The molecule has 2 aromatic carbocycles. The number of carbonyl (C=O) groups is 1. The Morgan fingerprint density at radius 1 is 0.805 bits per heavy atom. The standard InChI is InChI=1S/C32H22FN7O/c33-22-8-4-7-20(10-22)26-16-35-17-29-24(26)12-28(38-29)32-25-13-27(36-18-30(25)39-40-32)21-11-23(15-34-14-21)37-31(41)9-19-5-2-1-3-6-19/h1-8,10-18,38H,9H2,(H,37,41)(H,39,40). The summed E-state index contributed by atoms with van der Waals surface area (Å²) >= 11 is 0. The number of nitrogens with one attached hydrogen (secondary N) is 3. The molecule has 7 rings (SSSR count). The number of H-pyrrole nitrogens is 2. The number of hydrogen-bond acceptors (Lipinski definition) is 5. The molecular weight excluding hydrogens is 517 g/mol. The maximum atomic E-state index is 13.9. The van der Waals surface area contributed by atoms with Gasteiger partial charge in [-0.25, -0.2) is 4.39 Å².